The first-order valence-corrected chi connectivity index (χ1v) is 8.69. The van der Waals surface area contributed by atoms with Gasteiger partial charge in [0, 0.05) is 33.8 Å². The fourth-order valence-electron chi connectivity index (χ4n) is 1.84. The van der Waals surface area contributed by atoms with Crippen LogP contribution in [0.2, 0.25) is 0 Å². The molecular weight excluding hydrogens is 432 g/mol. The van der Waals surface area contributed by atoms with E-state index in [0.717, 1.165) is 20.1 Å². The van der Waals surface area contributed by atoms with Crippen molar-refractivity contribution in [2.45, 2.75) is 0 Å². The van der Waals surface area contributed by atoms with Gasteiger partial charge in [-0.15, -0.1) is 0 Å². The highest BCUT2D eigenvalue weighted by atomic mass is 79.9. The van der Waals surface area contributed by atoms with Gasteiger partial charge in [0.05, 0.1) is 0 Å². The van der Waals surface area contributed by atoms with Gasteiger partial charge in [0.25, 0.3) is 0 Å². The molecular formula is C18H12Br2N4. The van der Waals surface area contributed by atoms with Crippen LogP contribution in [-0.2, 0) is 0 Å². The monoisotopic (exact) mass is 442 g/mol. The highest BCUT2D eigenvalue weighted by Gasteiger charge is 1.94. The third-order valence-corrected chi connectivity index (χ3v) is 3.99. The maximum absolute atomic E-state index is 4.34. The molecule has 3 rings (SSSR count). The van der Waals surface area contributed by atoms with Gasteiger partial charge in [0.15, 0.2) is 11.6 Å². The molecule has 0 spiro atoms. The van der Waals surface area contributed by atoms with E-state index in [1.807, 2.05) is 48.5 Å². The number of nitrogens with zero attached hydrogens (tertiary/aromatic N) is 4. The van der Waals surface area contributed by atoms with Gasteiger partial charge in [-0.1, -0.05) is 24.3 Å². The van der Waals surface area contributed by atoms with Crippen molar-refractivity contribution in [2.24, 2.45) is 9.98 Å². The van der Waals surface area contributed by atoms with Crippen molar-refractivity contribution in [2.75, 3.05) is 0 Å². The van der Waals surface area contributed by atoms with E-state index in [1.165, 1.54) is 0 Å². The SMILES string of the molecule is Brc1ccc(N=Cc2ccc(C=Nc3ccc(Br)cn3)cc2)nc1. The minimum absolute atomic E-state index is 0.671. The summed E-state index contributed by atoms with van der Waals surface area (Å²) in [6, 6.07) is 15.5. The first kappa shape index (κ1) is 16.7. The molecule has 0 aliphatic rings. The molecule has 2 aromatic heterocycles. The first-order chi connectivity index (χ1) is 11.7. The number of halogens is 2. The number of aliphatic imine (C=N–C) groups is 2. The van der Waals surface area contributed by atoms with Crippen molar-refractivity contribution in [3.05, 3.63) is 81.0 Å². The van der Waals surface area contributed by atoms with Crippen LogP contribution in [0, 0.1) is 0 Å². The number of pyridine rings is 2. The van der Waals surface area contributed by atoms with Crippen molar-refractivity contribution >= 4 is 55.9 Å². The maximum Gasteiger partial charge on any atom is 0.151 e. The molecule has 0 N–H and O–H groups in total. The highest BCUT2D eigenvalue weighted by molar-refractivity contribution is 9.10. The molecule has 0 amide bonds. The van der Waals surface area contributed by atoms with Gasteiger partial charge < -0.3 is 0 Å². The molecule has 0 radical (unpaired) electrons. The standard InChI is InChI=1S/C18H12Br2N4/c19-15-5-7-17(23-11-15)21-9-13-1-2-14(4-3-13)10-22-18-8-6-16(20)12-24-18/h1-12H. The summed E-state index contributed by atoms with van der Waals surface area (Å²) in [5, 5.41) is 0. The zero-order chi connectivity index (χ0) is 16.8. The minimum Gasteiger partial charge on any atom is -0.237 e. The average molecular weight is 444 g/mol. The van der Waals surface area contributed by atoms with Crippen LogP contribution in [0.1, 0.15) is 11.1 Å². The molecule has 0 saturated carbocycles. The lowest BCUT2D eigenvalue weighted by molar-refractivity contribution is 1.26. The molecule has 4 nitrogen and oxygen atoms in total. The minimum atomic E-state index is 0.671. The van der Waals surface area contributed by atoms with Gasteiger partial charge in [-0.2, -0.15) is 0 Å². The molecule has 118 valence electrons. The second-order valence-electron chi connectivity index (χ2n) is 4.85. The van der Waals surface area contributed by atoms with E-state index in [2.05, 4.69) is 51.8 Å². The zero-order valence-corrected chi connectivity index (χ0v) is 15.6. The van der Waals surface area contributed by atoms with Crippen LogP contribution in [0.4, 0.5) is 11.6 Å². The highest BCUT2D eigenvalue weighted by Crippen LogP contribution is 2.14. The van der Waals surface area contributed by atoms with Crippen molar-refractivity contribution < 1.29 is 0 Å². The lowest BCUT2D eigenvalue weighted by Gasteiger charge is -1.97. The predicted molar refractivity (Wildman–Crippen MR) is 105 cm³/mol. The fraction of sp³-hybridized carbons (Fsp3) is 0. The van der Waals surface area contributed by atoms with E-state index >= 15 is 0 Å². The number of benzene rings is 1. The summed E-state index contributed by atoms with van der Waals surface area (Å²) in [4.78, 5) is 17.1. The third kappa shape index (κ3) is 4.91. The molecule has 0 atom stereocenters. The molecule has 1 aromatic carbocycles. The van der Waals surface area contributed by atoms with Gasteiger partial charge in [0.1, 0.15) is 0 Å². The molecule has 6 heteroatoms. The Morgan fingerprint density at radius 2 is 1.04 bits per heavy atom. The summed E-state index contributed by atoms with van der Waals surface area (Å²) in [6.45, 7) is 0. The van der Waals surface area contributed by atoms with Gasteiger partial charge in [-0.3, -0.25) is 0 Å². The van der Waals surface area contributed by atoms with Crippen molar-refractivity contribution in [3.63, 3.8) is 0 Å². The number of hydrogen-bond acceptors (Lipinski definition) is 4. The molecule has 0 unspecified atom stereocenters. The van der Waals surface area contributed by atoms with E-state index in [4.69, 9.17) is 0 Å². The van der Waals surface area contributed by atoms with Crippen LogP contribution in [0.3, 0.4) is 0 Å². The Hall–Kier alpha value is -2.18. The summed E-state index contributed by atoms with van der Waals surface area (Å²) in [6.07, 6.45) is 7.02. The van der Waals surface area contributed by atoms with E-state index in [0.29, 0.717) is 11.6 Å². The Morgan fingerprint density at radius 3 is 1.38 bits per heavy atom. The van der Waals surface area contributed by atoms with Gasteiger partial charge in [-0.25, -0.2) is 20.0 Å². The second kappa shape index (κ2) is 8.08. The Balaban J connectivity index is 1.66. The summed E-state index contributed by atoms with van der Waals surface area (Å²) >= 11 is 6.70. The van der Waals surface area contributed by atoms with Crippen LogP contribution in [0.25, 0.3) is 0 Å². The Bertz CT molecular complexity index is 781. The zero-order valence-electron chi connectivity index (χ0n) is 12.5. The van der Waals surface area contributed by atoms with Gasteiger partial charge in [0.2, 0.25) is 0 Å². The van der Waals surface area contributed by atoms with Crippen LogP contribution in [-0.4, -0.2) is 22.4 Å². The lowest BCUT2D eigenvalue weighted by Crippen LogP contribution is -1.85. The van der Waals surface area contributed by atoms with E-state index in [9.17, 15) is 0 Å². The summed E-state index contributed by atoms with van der Waals surface area (Å²) < 4.78 is 1.87. The third-order valence-electron chi connectivity index (χ3n) is 3.05. The van der Waals surface area contributed by atoms with Crippen LogP contribution < -0.4 is 0 Å². The quantitative estimate of drug-likeness (QED) is 0.499. The largest absolute Gasteiger partial charge is 0.237 e. The molecule has 3 aromatic rings. The molecule has 0 saturated heterocycles. The van der Waals surface area contributed by atoms with Crippen molar-refractivity contribution in [1.29, 1.82) is 0 Å². The van der Waals surface area contributed by atoms with Crippen molar-refractivity contribution in [3.8, 4) is 0 Å². The smallest absolute Gasteiger partial charge is 0.151 e. The topological polar surface area (TPSA) is 50.5 Å². The lowest BCUT2D eigenvalue weighted by atomic mass is 10.1. The molecule has 0 aliphatic carbocycles. The average Bonchev–Trinajstić information content (AvgIpc) is 2.62. The maximum atomic E-state index is 4.34. The number of rotatable bonds is 4. The summed E-state index contributed by atoms with van der Waals surface area (Å²) in [5.41, 5.74) is 2.00. The second-order valence-corrected chi connectivity index (χ2v) is 6.68. The number of aromatic nitrogens is 2. The molecule has 24 heavy (non-hydrogen) atoms. The van der Waals surface area contributed by atoms with Crippen LogP contribution in [0.15, 0.2) is 79.9 Å². The Kier molecular flexibility index (Phi) is 5.61. The Labute approximate surface area is 156 Å². The van der Waals surface area contributed by atoms with Gasteiger partial charge in [-0.05, 0) is 67.3 Å². The van der Waals surface area contributed by atoms with E-state index in [1.54, 1.807) is 24.8 Å². The number of hydrogen-bond donors (Lipinski definition) is 0. The van der Waals surface area contributed by atoms with Crippen LogP contribution in [0.5, 0.6) is 0 Å². The van der Waals surface area contributed by atoms with Crippen molar-refractivity contribution in [1.82, 2.24) is 9.97 Å². The Morgan fingerprint density at radius 1 is 0.625 bits per heavy atom. The van der Waals surface area contributed by atoms with Gasteiger partial charge >= 0.3 is 0 Å². The van der Waals surface area contributed by atoms with E-state index in [-0.39, 0.29) is 0 Å². The normalized spacial score (nSPS) is 11.4. The molecule has 0 bridgehead atoms. The molecule has 0 fully saturated rings. The first-order valence-electron chi connectivity index (χ1n) is 7.10. The summed E-state index contributed by atoms with van der Waals surface area (Å²) in [7, 11) is 0. The molecule has 0 aliphatic heterocycles. The van der Waals surface area contributed by atoms with Crippen LogP contribution >= 0.6 is 31.9 Å². The van der Waals surface area contributed by atoms with E-state index < -0.39 is 0 Å². The predicted octanol–water partition coefficient (Wildman–Crippen LogP) is 5.50. The fourth-order valence-corrected chi connectivity index (χ4v) is 2.31. The molecule has 2 heterocycles. The summed E-state index contributed by atoms with van der Waals surface area (Å²) in [5.74, 6) is 1.34.